The highest BCUT2D eigenvalue weighted by Crippen LogP contribution is 2.54. The van der Waals surface area contributed by atoms with Crippen molar-refractivity contribution in [3.05, 3.63) is 30.3 Å². The number of benzene rings is 1. The van der Waals surface area contributed by atoms with Gasteiger partial charge in [-0.1, -0.05) is 37.5 Å². The molecular formula is C14H18F3O3P. The number of para-hydroxylation sites is 1. The van der Waals surface area contributed by atoms with E-state index in [4.69, 9.17) is 9.05 Å². The van der Waals surface area contributed by atoms with Crippen LogP contribution in [0.25, 0.3) is 0 Å². The van der Waals surface area contributed by atoms with Gasteiger partial charge < -0.3 is 4.52 Å². The molecule has 1 saturated carbocycles. The molecule has 1 aromatic rings. The van der Waals surface area contributed by atoms with Crippen molar-refractivity contribution < 1.29 is 26.8 Å². The van der Waals surface area contributed by atoms with Crippen LogP contribution in [0.5, 0.6) is 5.75 Å². The molecule has 2 rings (SSSR count). The fourth-order valence-corrected chi connectivity index (χ4v) is 4.08. The summed E-state index contributed by atoms with van der Waals surface area (Å²) in [4.78, 5) is 0. The molecule has 0 saturated heterocycles. The molecule has 1 aliphatic carbocycles. The third kappa shape index (κ3) is 5.71. The number of rotatable bonds is 5. The van der Waals surface area contributed by atoms with Crippen LogP contribution in [0.1, 0.15) is 32.1 Å². The van der Waals surface area contributed by atoms with Gasteiger partial charge in [-0.25, -0.2) is 4.57 Å². The Balaban J connectivity index is 2.11. The molecule has 1 fully saturated rings. The Morgan fingerprint density at radius 1 is 1.10 bits per heavy atom. The summed E-state index contributed by atoms with van der Waals surface area (Å²) in [6, 6.07) is 7.84. The Labute approximate surface area is 122 Å². The molecule has 118 valence electrons. The lowest BCUT2D eigenvalue weighted by Gasteiger charge is -2.27. The molecule has 0 amide bonds. The molecule has 1 aromatic carbocycles. The van der Waals surface area contributed by atoms with Crippen molar-refractivity contribution in [2.45, 2.75) is 44.4 Å². The van der Waals surface area contributed by atoms with Crippen molar-refractivity contribution in [3.8, 4) is 5.75 Å². The van der Waals surface area contributed by atoms with E-state index in [9.17, 15) is 17.7 Å². The van der Waals surface area contributed by atoms with Gasteiger partial charge in [-0.05, 0) is 25.0 Å². The van der Waals surface area contributed by atoms with E-state index in [0.717, 1.165) is 19.3 Å². The summed E-state index contributed by atoms with van der Waals surface area (Å²) in [6.07, 6.45) is -2.55. The van der Waals surface area contributed by atoms with Gasteiger partial charge in [0.25, 0.3) is 0 Å². The quantitative estimate of drug-likeness (QED) is 0.702. The molecule has 0 heterocycles. The number of hydrogen-bond donors (Lipinski definition) is 0. The Morgan fingerprint density at radius 2 is 1.71 bits per heavy atom. The van der Waals surface area contributed by atoms with Crippen LogP contribution in [0.15, 0.2) is 30.3 Å². The van der Waals surface area contributed by atoms with Gasteiger partial charge in [-0.15, -0.1) is 0 Å². The van der Waals surface area contributed by atoms with E-state index in [1.165, 1.54) is 12.1 Å². The zero-order valence-corrected chi connectivity index (χ0v) is 12.4. The lowest BCUT2D eigenvalue weighted by atomic mass is 9.98. The minimum atomic E-state index is -4.60. The van der Waals surface area contributed by atoms with E-state index in [1.54, 1.807) is 18.2 Å². The average Bonchev–Trinajstić information content (AvgIpc) is 2.38. The summed E-state index contributed by atoms with van der Waals surface area (Å²) in [5, 5.41) is 0. The van der Waals surface area contributed by atoms with Crippen molar-refractivity contribution in [1.82, 2.24) is 0 Å². The van der Waals surface area contributed by atoms with E-state index < -0.39 is 26.0 Å². The van der Waals surface area contributed by atoms with Gasteiger partial charge in [0.15, 0.2) is 6.16 Å². The van der Waals surface area contributed by atoms with Gasteiger partial charge in [-0.3, -0.25) is 4.52 Å². The second-order valence-corrected chi connectivity index (χ2v) is 7.09. The molecule has 0 radical (unpaired) electrons. The summed E-state index contributed by atoms with van der Waals surface area (Å²) >= 11 is 0. The van der Waals surface area contributed by atoms with Crippen LogP contribution in [0.2, 0.25) is 0 Å². The van der Waals surface area contributed by atoms with Crippen molar-refractivity contribution in [2.24, 2.45) is 0 Å². The second kappa shape index (κ2) is 6.84. The molecule has 0 spiro atoms. The first-order chi connectivity index (χ1) is 9.86. The van der Waals surface area contributed by atoms with Gasteiger partial charge in [0.05, 0.1) is 6.10 Å². The Bertz CT molecular complexity index is 484. The number of halogens is 3. The SMILES string of the molecule is O=P(CC(F)(F)F)(Oc1ccccc1)OC1CCCCC1. The molecule has 0 aromatic heterocycles. The third-order valence-corrected chi connectivity index (χ3v) is 5.08. The van der Waals surface area contributed by atoms with Crippen LogP contribution >= 0.6 is 7.60 Å². The normalized spacial score (nSPS) is 20.0. The minimum Gasteiger partial charge on any atom is -0.424 e. The predicted molar refractivity (Wildman–Crippen MR) is 73.6 cm³/mol. The summed E-state index contributed by atoms with van der Waals surface area (Å²) in [5.41, 5.74) is 0. The van der Waals surface area contributed by atoms with Crippen LogP contribution in [0.3, 0.4) is 0 Å². The first kappa shape index (κ1) is 16.4. The lowest BCUT2D eigenvalue weighted by molar-refractivity contribution is -0.110. The van der Waals surface area contributed by atoms with Crippen LogP contribution in [-0.2, 0) is 9.09 Å². The van der Waals surface area contributed by atoms with Gasteiger partial charge in [0.1, 0.15) is 5.75 Å². The lowest BCUT2D eigenvalue weighted by Crippen LogP contribution is -2.23. The van der Waals surface area contributed by atoms with E-state index in [0.29, 0.717) is 12.8 Å². The van der Waals surface area contributed by atoms with E-state index >= 15 is 0 Å². The highest BCUT2D eigenvalue weighted by Gasteiger charge is 2.44. The summed E-state index contributed by atoms with van der Waals surface area (Å²) in [7, 11) is -4.26. The largest absolute Gasteiger partial charge is 0.424 e. The highest BCUT2D eigenvalue weighted by atomic mass is 31.2. The summed E-state index contributed by atoms with van der Waals surface area (Å²) < 4.78 is 60.9. The summed E-state index contributed by atoms with van der Waals surface area (Å²) in [6.45, 7) is 0. The van der Waals surface area contributed by atoms with Crippen LogP contribution in [0.4, 0.5) is 13.2 Å². The van der Waals surface area contributed by atoms with Gasteiger partial charge in [0.2, 0.25) is 0 Å². The number of alkyl halides is 3. The maximum absolute atomic E-state index is 12.7. The van der Waals surface area contributed by atoms with E-state index in [-0.39, 0.29) is 5.75 Å². The molecule has 0 aliphatic heterocycles. The first-order valence-electron chi connectivity index (χ1n) is 6.95. The van der Waals surface area contributed by atoms with Crippen molar-refractivity contribution in [1.29, 1.82) is 0 Å². The molecule has 0 N–H and O–H groups in total. The van der Waals surface area contributed by atoms with Crippen molar-refractivity contribution in [2.75, 3.05) is 6.16 Å². The van der Waals surface area contributed by atoms with Gasteiger partial charge in [-0.2, -0.15) is 13.2 Å². The standard InChI is InChI=1S/C14H18F3O3P/c15-14(16,17)11-21(18,19-12-7-3-1-4-8-12)20-13-9-5-2-6-10-13/h1,3-4,7-8,13H,2,5-6,9-11H2. The van der Waals surface area contributed by atoms with Crippen molar-refractivity contribution in [3.63, 3.8) is 0 Å². The molecule has 1 aliphatic rings. The van der Waals surface area contributed by atoms with Gasteiger partial charge >= 0.3 is 13.8 Å². The molecule has 1 atom stereocenters. The second-order valence-electron chi connectivity index (χ2n) is 5.15. The van der Waals surface area contributed by atoms with E-state index in [1.807, 2.05) is 0 Å². The monoisotopic (exact) mass is 322 g/mol. The maximum atomic E-state index is 12.7. The minimum absolute atomic E-state index is 0.126. The Hall–Kier alpha value is -1.00. The number of hydrogen-bond acceptors (Lipinski definition) is 3. The fourth-order valence-electron chi connectivity index (χ4n) is 2.35. The predicted octanol–water partition coefficient (Wildman–Crippen LogP) is 5.17. The average molecular weight is 322 g/mol. The zero-order chi connectivity index (χ0) is 15.3. The zero-order valence-electron chi connectivity index (χ0n) is 11.5. The summed E-state index contributed by atoms with van der Waals surface area (Å²) in [5.74, 6) is 0.126. The van der Waals surface area contributed by atoms with Crippen LogP contribution in [-0.4, -0.2) is 18.4 Å². The van der Waals surface area contributed by atoms with E-state index in [2.05, 4.69) is 0 Å². The van der Waals surface area contributed by atoms with Crippen LogP contribution in [0, 0.1) is 0 Å². The molecule has 7 heteroatoms. The first-order valence-corrected chi connectivity index (χ1v) is 8.68. The molecule has 1 unspecified atom stereocenters. The molecule has 3 nitrogen and oxygen atoms in total. The maximum Gasteiger partial charge on any atom is 0.401 e. The van der Waals surface area contributed by atoms with Crippen molar-refractivity contribution >= 4 is 7.60 Å². The van der Waals surface area contributed by atoms with Crippen LogP contribution < -0.4 is 4.52 Å². The smallest absolute Gasteiger partial charge is 0.401 e. The van der Waals surface area contributed by atoms with Gasteiger partial charge in [0, 0.05) is 0 Å². The highest BCUT2D eigenvalue weighted by molar-refractivity contribution is 7.54. The molecule has 0 bridgehead atoms. The Morgan fingerprint density at radius 3 is 2.29 bits per heavy atom. The molecule has 21 heavy (non-hydrogen) atoms. The fraction of sp³-hybridized carbons (Fsp3) is 0.571. The Kier molecular flexibility index (Phi) is 5.33. The third-order valence-electron chi connectivity index (χ3n) is 3.22. The topological polar surface area (TPSA) is 35.5 Å². The molecular weight excluding hydrogens is 304 g/mol.